The number of aromatic nitrogens is 2. The first-order valence-corrected chi connectivity index (χ1v) is 8.00. The van der Waals surface area contributed by atoms with Gasteiger partial charge in [0.15, 0.2) is 0 Å². The highest BCUT2D eigenvalue weighted by molar-refractivity contribution is 9.10. The van der Waals surface area contributed by atoms with Crippen molar-refractivity contribution in [2.45, 2.75) is 0 Å². The van der Waals surface area contributed by atoms with Gasteiger partial charge in [0.1, 0.15) is 5.82 Å². The molecule has 0 saturated carbocycles. The minimum atomic E-state index is 0.723. The van der Waals surface area contributed by atoms with Gasteiger partial charge in [-0.15, -0.1) is 0 Å². The van der Waals surface area contributed by atoms with Crippen molar-refractivity contribution >= 4 is 49.8 Å². The van der Waals surface area contributed by atoms with Crippen LogP contribution in [0.5, 0.6) is 0 Å². The highest BCUT2D eigenvalue weighted by Crippen LogP contribution is 2.21. The van der Waals surface area contributed by atoms with E-state index < -0.39 is 0 Å². The number of fused-ring (bicyclic) bond motifs is 2. The Labute approximate surface area is 141 Å². The van der Waals surface area contributed by atoms with E-state index in [2.05, 4.69) is 42.5 Å². The molecule has 2 heterocycles. The lowest BCUT2D eigenvalue weighted by molar-refractivity contribution is 1.26. The molecule has 2 N–H and O–H groups in total. The van der Waals surface area contributed by atoms with E-state index in [0.29, 0.717) is 0 Å². The normalized spacial score (nSPS) is 11.5. The van der Waals surface area contributed by atoms with Gasteiger partial charge in [0.2, 0.25) is 0 Å². The molecule has 4 nitrogen and oxygen atoms in total. The van der Waals surface area contributed by atoms with Crippen molar-refractivity contribution in [3.63, 3.8) is 0 Å². The largest absolute Gasteiger partial charge is 0.361 e. The number of aromatic amines is 1. The number of hydrogen-bond donors (Lipinski definition) is 2. The number of hydrogen-bond acceptors (Lipinski definition) is 3. The molecule has 0 atom stereocenters. The van der Waals surface area contributed by atoms with Gasteiger partial charge in [-0.25, -0.2) is 4.98 Å². The molecular weight excluding hydrogens is 352 g/mol. The van der Waals surface area contributed by atoms with Crippen LogP contribution in [0.15, 0.2) is 70.4 Å². The lowest BCUT2D eigenvalue weighted by Gasteiger charge is -2.01. The molecule has 0 bridgehead atoms. The Hall–Kier alpha value is -2.66. The van der Waals surface area contributed by atoms with E-state index in [1.165, 1.54) is 0 Å². The summed E-state index contributed by atoms with van der Waals surface area (Å²) in [6.45, 7) is 0. The summed E-state index contributed by atoms with van der Waals surface area (Å²) in [7, 11) is 0. The third kappa shape index (κ3) is 2.83. The van der Waals surface area contributed by atoms with E-state index in [4.69, 9.17) is 0 Å². The molecule has 0 aliphatic heterocycles. The Bertz CT molecular complexity index is 1020. The van der Waals surface area contributed by atoms with Crippen molar-refractivity contribution in [1.82, 2.24) is 9.97 Å². The summed E-state index contributed by atoms with van der Waals surface area (Å²) in [5.41, 5.74) is 6.04. The van der Waals surface area contributed by atoms with Gasteiger partial charge in [0, 0.05) is 32.5 Å². The smallest absolute Gasteiger partial charge is 0.146 e. The fourth-order valence-corrected chi connectivity index (χ4v) is 2.88. The maximum Gasteiger partial charge on any atom is 0.146 e. The van der Waals surface area contributed by atoms with Gasteiger partial charge >= 0.3 is 0 Å². The molecular formula is C18H13BrN4. The second kappa shape index (κ2) is 5.85. The molecule has 0 aliphatic carbocycles. The van der Waals surface area contributed by atoms with Crippen molar-refractivity contribution in [2.24, 2.45) is 5.10 Å². The van der Waals surface area contributed by atoms with E-state index in [0.717, 1.165) is 37.7 Å². The second-order valence-electron chi connectivity index (χ2n) is 5.19. The van der Waals surface area contributed by atoms with E-state index in [1.54, 1.807) is 6.21 Å². The lowest BCUT2D eigenvalue weighted by atomic mass is 10.2. The maximum absolute atomic E-state index is 4.53. The predicted molar refractivity (Wildman–Crippen MR) is 99.0 cm³/mol. The van der Waals surface area contributed by atoms with Gasteiger partial charge < -0.3 is 4.98 Å². The summed E-state index contributed by atoms with van der Waals surface area (Å²) in [5, 5.41) is 6.53. The summed E-state index contributed by atoms with van der Waals surface area (Å²) in [6, 6.07) is 18.1. The van der Waals surface area contributed by atoms with Gasteiger partial charge in [-0.2, -0.15) is 5.10 Å². The molecule has 4 aromatic rings. The standard InChI is InChI=1S/C18H13BrN4/c19-14-6-7-17-15(9-14)13(10-20-17)11-21-23-18-8-5-12-3-1-2-4-16(12)22-18/h1-11,20H,(H,22,23)/b21-11-. The molecule has 2 aromatic heterocycles. The number of hydrazone groups is 1. The van der Waals surface area contributed by atoms with Crippen molar-refractivity contribution in [3.8, 4) is 0 Å². The van der Waals surface area contributed by atoms with Crippen LogP contribution in [0.4, 0.5) is 5.82 Å². The first kappa shape index (κ1) is 14.0. The number of halogens is 1. The molecule has 0 spiro atoms. The number of nitrogens with zero attached hydrogens (tertiary/aromatic N) is 2. The zero-order valence-corrected chi connectivity index (χ0v) is 13.7. The average Bonchev–Trinajstić information content (AvgIpc) is 2.97. The maximum atomic E-state index is 4.53. The van der Waals surface area contributed by atoms with Crippen LogP contribution in [-0.4, -0.2) is 16.2 Å². The van der Waals surface area contributed by atoms with Crippen LogP contribution in [0.25, 0.3) is 21.8 Å². The van der Waals surface area contributed by atoms with Crippen LogP contribution in [-0.2, 0) is 0 Å². The lowest BCUT2D eigenvalue weighted by Crippen LogP contribution is -1.93. The zero-order chi connectivity index (χ0) is 15.6. The van der Waals surface area contributed by atoms with Crippen LogP contribution in [0.3, 0.4) is 0 Å². The van der Waals surface area contributed by atoms with Crippen molar-refractivity contribution in [2.75, 3.05) is 5.43 Å². The summed E-state index contributed by atoms with van der Waals surface area (Å²) >= 11 is 3.50. The quantitative estimate of drug-likeness (QED) is 0.400. The van der Waals surface area contributed by atoms with Crippen LogP contribution >= 0.6 is 15.9 Å². The molecule has 4 rings (SSSR count). The number of pyridine rings is 1. The molecule has 23 heavy (non-hydrogen) atoms. The number of benzene rings is 2. The number of nitrogens with one attached hydrogen (secondary N) is 2. The monoisotopic (exact) mass is 364 g/mol. The predicted octanol–water partition coefficient (Wildman–Crippen LogP) is 4.92. The molecule has 112 valence electrons. The summed E-state index contributed by atoms with van der Waals surface area (Å²) in [4.78, 5) is 7.76. The highest BCUT2D eigenvalue weighted by atomic mass is 79.9. The SMILES string of the molecule is Brc1ccc2[nH]cc(/C=N\Nc3ccc4ccccc4n3)c2c1. The Morgan fingerprint density at radius 1 is 1.09 bits per heavy atom. The number of anilines is 1. The molecule has 0 radical (unpaired) electrons. The summed E-state index contributed by atoms with van der Waals surface area (Å²) in [5.74, 6) is 0.723. The van der Waals surface area contributed by atoms with Crippen molar-refractivity contribution in [3.05, 3.63) is 70.8 Å². The minimum absolute atomic E-state index is 0.723. The minimum Gasteiger partial charge on any atom is -0.361 e. The molecule has 0 amide bonds. The van der Waals surface area contributed by atoms with Crippen LogP contribution < -0.4 is 5.43 Å². The van der Waals surface area contributed by atoms with Crippen LogP contribution in [0.1, 0.15) is 5.56 Å². The summed E-state index contributed by atoms with van der Waals surface area (Å²) in [6.07, 6.45) is 3.73. The van der Waals surface area contributed by atoms with Crippen molar-refractivity contribution < 1.29 is 0 Å². The topological polar surface area (TPSA) is 53.1 Å². The van der Waals surface area contributed by atoms with Gasteiger partial charge in [-0.1, -0.05) is 34.1 Å². The zero-order valence-electron chi connectivity index (χ0n) is 12.1. The molecule has 0 aliphatic rings. The molecule has 5 heteroatoms. The van der Waals surface area contributed by atoms with E-state index >= 15 is 0 Å². The van der Waals surface area contributed by atoms with E-state index in [-0.39, 0.29) is 0 Å². The molecule has 0 saturated heterocycles. The molecule has 0 fully saturated rings. The van der Waals surface area contributed by atoms with E-state index in [9.17, 15) is 0 Å². The summed E-state index contributed by atoms with van der Waals surface area (Å²) < 4.78 is 1.04. The van der Waals surface area contributed by atoms with Gasteiger partial charge in [0.05, 0.1) is 11.7 Å². The third-order valence-electron chi connectivity index (χ3n) is 3.66. The van der Waals surface area contributed by atoms with Gasteiger partial charge in [-0.05, 0) is 36.4 Å². The van der Waals surface area contributed by atoms with Crippen molar-refractivity contribution in [1.29, 1.82) is 0 Å². The first-order valence-electron chi connectivity index (χ1n) is 7.21. The Balaban J connectivity index is 1.59. The first-order chi connectivity index (χ1) is 11.3. The molecule has 0 unspecified atom stereocenters. The number of para-hydroxylation sites is 1. The highest BCUT2D eigenvalue weighted by Gasteiger charge is 2.02. The van der Waals surface area contributed by atoms with E-state index in [1.807, 2.05) is 54.7 Å². The number of H-pyrrole nitrogens is 1. The fourth-order valence-electron chi connectivity index (χ4n) is 2.52. The Morgan fingerprint density at radius 2 is 2.00 bits per heavy atom. The molecule has 2 aromatic carbocycles. The van der Waals surface area contributed by atoms with Gasteiger partial charge in [0.25, 0.3) is 0 Å². The second-order valence-corrected chi connectivity index (χ2v) is 6.11. The van der Waals surface area contributed by atoms with Gasteiger partial charge in [-0.3, -0.25) is 5.43 Å². The Kier molecular flexibility index (Phi) is 3.55. The number of rotatable bonds is 3. The average molecular weight is 365 g/mol. The fraction of sp³-hybridized carbons (Fsp3) is 0. The third-order valence-corrected chi connectivity index (χ3v) is 4.15. The van der Waals surface area contributed by atoms with Crippen LogP contribution in [0.2, 0.25) is 0 Å². The van der Waals surface area contributed by atoms with Crippen LogP contribution in [0, 0.1) is 0 Å². The Morgan fingerprint density at radius 3 is 2.96 bits per heavy atom.